The van der Waals surface area contributed by atoms with E-state index in [0.29, 0.717) is 36.3 Å². The van der Waals surface area contributed by atoms with E-state index in [-0.39, 0.29) is 29.0 Å². The molecule has 1 amide bonds. The number of halogens is 1. The standard InChI is InChI=1S/C25H27N5O3S.ClH/c26-22-15-17(8-11-21(22)25(27)28)9-13-24(31)30-14-4-5-18-16-19(10-12-23(18)30)29-34(32,33)20-6-2-1-3-7-20;/h1-3,6-8,10-12,15-16,29H,4-5,9,13-14,26H2,(H3,27,28);1H. The SMILES string of the molecule is Cl.N=C(N)c1ccc(CCC(=O)N2CCCc3cc(NS(=O)(=O)c4ccccc4)ccc32)cc1N. The Hall–Kier alpha value is -3.56. The van der Waals surface area contributed by atoms with Gasteiger partial charge in [-0.2, -0.15) is 0 Å². The number of sulfonamides is 1. The summed E-state index contributed by atoms with van der Waals surface area (Å²) in [7, 11) is -3.68. The summed E-state index contributed by atoms with van der Waals surface area (Å²) in [5.74, 6) is -0.0942. The van der Waals surface area contributed by atoms with E-state index in [0.717, 1.165) is 29.7 Å². The number of aryl methyl sites for hydroxylation is 2. The Bertz CT molecular complexity index is 1350. The average Bonchev–Trinajstić information content (AvgIpc) is 2.82. The third-order valence-corrected chi connectivity index (χ3v) is 7.24. The van der Waals surface area contributed by atoms with Gasteiger partial charge in [-0.25, -0.2) is 8.42 Å². The summed E-state index contributed by atoms with van der Waals surface area (Å²) < 4.78 is 27.9. The fourth-order valence-corrected chi connectivity index (χ4v) is 5.20. The Morgan fingerprint density at radius 3 is 2.49 bits per heavy atom. The van der Waals surface area contributed by atoms with Crippen molar-refractivity contribution >= 4 is 51.2 Å². The van der Waals surface area contributed by atoms with Crippen molar-refractivity contribution < 1.29 is 13.2 Å². The van der Waals surface area contributed by atoms with Crippen molar-refractivity contribution in [2.75, 3.05) is 21.9 Å². The maximum Gasteiger partial charge on any atom is 0.261 e. The molecule has 1 aliphatic rings. The van der Waals surface area contributed by atoms with Crippen LogP contribution in [0.4, 0.5) is 17.1 Å². The van der Waals surface area contributed by atoms with Gasteiger partial charge in [-0.3, -0.25) is 14.9 Å². The second-order valence-corrected chi connectivity index (χ2v) is 9.93. The van der Waals surface area contributed by atoms with Crippen LogP contribution in [0.2, 0.25) is 0 Å². The van der Waals surface area contributed by atoms with E-state index >= 15 is 0 Å². The molecule has 0 unspecified atom stereocenters. The van der Waals surface area contributed by atoms with Crippen LogP contribution >= 0.6 is 12.4 Å². The largest absolute Gasteiger partial charge is 0.398 e. The van der Waals surface area contributed by atoms with Crippen LogP contribution in [0.25, 0.3) is 0 Å². The Kier molecular flexibility index (Phi) is 8.03. The van der Waals surface area contributed by atoms with Crippen LogP contribution in [0.15, 0.2) is 71.6 Å². The van der Waals surface area contributed by atoms with Gasteiger partial charge in [0.1, 0.15) is 5.84 Å². The molecular weight excluding hydrogens is 486 g/mol. The first-order valence-corrected chi connectivity index (χ1v) is 12.5. The van der Waals surface area contributed by atoms with E-state index in [1.54, 1.807) is 65.6 Å². The topological polar surface area (TPSA) is 142 Å². The molecule has 10 heteroatoms. The molecule has 4 rings (SSSR count). The summed E-state index contributed by atoms with van der Waals surface area (Å²) in [4.78, 5) is 15.0. The second kappa shape index (κ2) is 10.8. The van der Waals surface area contributed by atoms with Crippen LogP contribution in [0.3, 0.4) is 0 Å². The van der Waals surface area contributed by atoms with E-state index in [1.807, 2.05) is 6.07 Å². The molecule has 0 saturated carbocycles. The van der Waals surface area contributed by atoms with Crippen molar-refractivity contribution in [3.63, 3.8) is 0 Å². The quantitative estimate of drug-likeness (QED) is 0.216. The van der Waals surface area contributed by atoms with Crippen LogP contribution in [-0.4, -0.2) is 26.7 Å². The van der Waals surface area contributed by atoms with Crippen LogP contribution < -0.4 is 21.1 Å². The van der Waals surface area contributed by atoms with Crippen LogP contribution in [0.1, 0.15) is 29.5 Å². The number of hydrogen-bond acceptors (Lipinski definition) is 5. The Morgan fingerprint density at radius 2 is 1.80 bits per heavy atom. The molecule has 0 fully saturated rings. The zero-order valence-corrected chi connectivity index (χ0v) is 20.7. The smallest absolute Gasteiger partial charge is 0.261 e. The molecular formula is C25H28ClN5O3S. The Morgan fingerprint density at radius 1 is 1.06 bits per heavy atom. The first kappa shape index (κ1) is 26.1. The third-order valence-electron chi connectivity index (χ3n) is 5.84. The Balaban J connectivity index is 0.00000342. The highest BCUT2D eigenvalue weighted by atomic mass is 35.5. The fraction of sp³-hybridized carbons (Fsp3) is 0.200. The number of nitrogens with one attached hydrogen (secondary N) is 2. The molecule has 1 aliphatic heterocycles. The molecule has 0 saturated heterocycles. The number of nitrogen functional groups attached to an aromatic ring is 2. The summed E-state index contributed by atoms with van der Waals surface area (Å²) in [6.45, 7) is 0.617. The molecule has 0 aromatic heterocycles. The minimum Gasteiger partial charge on any atom is -0.398 e. The number of amidine groups is 1. The molecule has 1 heterocycles. The lowest BCUT2D eigenvalue weighted by Gasteiger charge is -2.30. The summed E-state index contributed by atoms with van der Waals surface area (Å²) in [5.41, 5.74) is 15.5. The summed E-state index contributed by atoms with van der Waals surface area (Å²) in [6, 6.07) is 18.8. The molecule has 8 nitrogen and oxygen atoms in total. The van der Waals surface area contributed by atoms with E-state index in [4.69, 9.17) is 16.9 Å². The minimum absolute atomic E-state index is 0. The molecule has 184 valence electrons. The molecule has 0 bridgehead atoms. The maximum atomic E-state index is 13.0. The number of benzene rings is 3. The zero-order valence-electron chi connectivity index (χ0n) is 19.0. The van der Waals surface area contributed by atoms with E-state index in [2.05, 4.69) is 4.72 Å². The van der Waals surface area contributed by atoms with Crippen molar-refractivity contribution in [2.45, 2.75) is 30.6 Å². The fourth-order valence-electron chi connectivity index (χ4n) is 4.13. The number of fused-ring (bicyclic) bond motifs is 1. The van der Waals surface area contributed by atoms with Crippen LogP contribution in [0.5, 0.6) is 0 Å². The number of carbonyl (C=O) groups excluding carboxylic acids is 1. The monoisotopic (exact) mass is 513 g/mol. The van der Waals surface area contributed by atoms with Gasteiger partial charge < -0.3 is 16.4 Å². The van der Waals surface area contributed by atoms with Gasteiger partial charge >= 0.3 is 0 Å². The van der Waals surface area contributed by atoms with E-state index < -0.39 is 10.0 Å². The first-order valence-electron chi connectivity index (χ1n) is 11.0. The molecule has 6 N–H and O–H groups in total. The predicted molar refractivity (Wildman–Crippen MR) is 142 cm³/mol. The van der Waals surface area contributed by atoms with Crippen LogP contribution in [0, 0.1) is 5.41 Å². The first-order chi connectivity index (χ1) is 16.2. The molecule has 3 aromatic carbocycles. The van der Waals surface area contributed by atoms with Gasteiger partial charge in [0.2, 0.25) is 5.91 Å². The number of carbonyl (C=O) groups is 1. The molecule has 0 atom stereocenters. The highest BCUT2D eigenvalue weighted by molar-refractivity contribution is 7.92. The van der Waals surface area contributed by atoms with Gasteiger partial charge in [0.25, 0.3) is 10.0 Å². The number of nitrogens with zero attached hydrogens (tertiary/aromatic N) is 1. The van der Waals surface area contributed by atoms with Crippen molar-refractivity contribution in [1.82, 2.24) is 0 Å². The van der Waals surface area contributed by atoms with Crippen molar-refractivity contribution in [1.29, 1.82) is 5.41 Å². The lowest BCUT2D eigenvalue weighted by molar-refractivity contribution is -0.118. The van der Waals surface area contributed by atoms with Gasteiger partial charge in [0.05, 0.1) is 4.90 Å². The summed E-state index contributed by atoms with van der Waals surface area (Å²) in [5, 5.41) is 7.53. The number of nitrogens with two attached hydrogens (primary N) is 2. The number of anilines is 3. The molecule has 0 spiro atoms. The van der Waals surface area contributed by atoms with E-state index in [9.17, 15) is 13.2 Å². The Labute approximate surface area is 211 Å². The summed E-state index contributed by atoms with van der Waals surface area (Å²) in [6.07, 6.45) is 2.39. The molecule has 0 radical (unpaired) electrons. The molecule has 0 aliphatic carbocycles. The maximum absolute atomic E-state index is 13.0. The number of amides is 1. The van der Waals surface area contributed by atoms with Gasteiger partial charge in [0, 0.05) is 35.6 Å². The zero-order chi connectivity index (χ0) is 24.3. The third kappa shape index (κ3) is 5.93. The highest BCUT2D eigenvalue weighted by Gasteiger charge is 2.23. The predicted octanol–water partition coefficient (Wildman–Crippen LogP) is 3.69. The van der Waals surface area contributed by atoms with Gasteiger partial charge in [0.15, 0.2) is 0 Å². The lowest BCUT2D eigenvalue weighted by atomic mass is 9.99. The highest BCUT2D eigenvalue weighted by Crippen LogP contribution is 2.31. The van der Waals surface area contributed by atoms with Gasteiger partial charge in [-0.15, -0.1) is 12.4 Å². The van der Waals surface area contributed by atoms with E-state index in [1.165, 1.54) is 0 Å². The van der Waals surface area contributed by atoms with Crippen molar-refractivity contribution in [3.05, 3.63) is 83.4 Å². The van der Waals surface area contributed by atoms with Gasteiger partial charge in [-0.1, -0.05) is 24.3 Å². The molecule has 3 aromatic rings. The lowest BCUT2D eigenvalue weighted by Crippen LogP contribution is -2.35. The normalized spacial score (nSPS) is 12.9. The van der Waals surface area contributed by atoms with Crippen molar-refractivity contribution in [3.8, 4) is 0 Å². The number of hydrogen-bond donors (Lipinski definition) is 4. The molecule has 35 heavy (non-hydrogen) atoms. The number of rotatable bonds is 7. The minimum atomic E-state index is -3.68. The second-order valence-electron chi connectivity index (χ2n) is 8.25. The average molecular weight is 514 g/mol. The van der Waals surface area contributed by atoms with Crippen LogP contribution in [-0.2, 0) is 27.7 Å². The van der Waals surface area contributed by atoms with Crippen molar-refractivity contribution in [2.24, 2.45) is 5.73 Å². The van der Waals surface area contributed by atoms with Gasteiger partial charge in [-0.05, 0) is 72.9 Å². The summed E-state index contributed by atoms with van der Waals surface area (Å²) >= 11 is 0.